The number of piperidine rings is 1. The zero-order valence-electron chi connectivity index (χ0n) is 13.7. The van der Waals surface area contributed by atoms with Crippen LogP contribution in [0.4, 0.5) is 11.9 Å². The van der Waals surface area contributed by atoms with Crippen molar-refractivity contribution < 1.29 is 4.74 Å². The molecule has 1 aromatic heterocycles. The van der Waals surface area contributed by atoms with E-state index in [9.17, 15) is 0 Å². The summed E-state index contributed by atoms with van der Waals surface area (Å²) in [6, 6.07) is 5.43. The molecule has 1 N–H and O–H groups in total. The zero-order chi connectivity index (χ0) is 17.6. The van der Waals surface area contributed by atoms with Crippen LogP contribution in [0.15, 0.2) is 23.3 Å². The smallest absolute Gasteiger partial charge is 0.322 e. The molecule has 25 heavy (non-hydrogen) atoms. The van der Waals surface area contributed by atoms with E-state index in [0.29, 0.717) is 21.9 Å². The van der Waals surface area contributed by atoms with Gasteiger partial charge in [0.1, 0.15) is 0 Å². The van der Waals surface area contributed by atoms with Crippen LogP contribution in [0.1, 0.15) is 24.8 Å². The number of hydrogen-bond acceptors (Lipinski definition) is 7. The Hall–Kier alpha value is -2.12. The predicted octanol–water partition coefficient (Wildman–Crippen LogP) is 3.62. The van der Waals surface area contributed by atoms with Crippen molar-refractivity contribution in [3.05, 3.63) is 33.8 Å². The number of ether oxygens (including phenoxy) is 1. The van der Waals surface area contributed by atoms with Gasteiger partial charge in [-0.3, -0.25) is 0 Å². The molecule has 0 unspecified atom stereocenters. The van der Waals surface area contributed by atoms with Crippen molar-refractivity contribution in [1.29, 1.82) is 0 Å². The van der Waals surface area contributed by atoms with Crippen molar-refractivity contribution in [3.63, 3.8) is 0 Å². The van der Waals surface area contributed by atoms with Crippen LogP contribution in [0, 0.1) is 0 Å². The number of hydrogen-bond donors (Lipinski definition) is 1. The van der Waals surface area contributed by atoms with E-state index in [-0.39, 0.29) is 6.01 Å². The van der Waals surface area contributed by atoms with Gasteiger partial charge in [0.15, 0.2) is 0 Å². The van der Waals surface area contributed by atoms with Crippen molar-refractivity contribution in [1.82, 2.24) is 15.0 Å². The Morgan fingerprint density at radius 3 is 2.68 bits per heavy atom. The third-order valence-corrected chi connectivity index (χ3v) is 4.32. The minimum atomic E-state index is 0.248. The fraction of sp³-hybridized carbons (Fsp3) is 0.375. The van der Waals surface area contributed by atoms with Gasteiger partial charge in [-0.2, -0.15) is 20.1 Å². The Balaban J connectivity index is 1.75. The zero-order valence-corrected chi connectivity index (χ0v) is 15.3. The Kier molecular flexibility index (Phi) is 5.88. The van der Waals surface area contributed by atoms with Crippen LogP contribution >= 0.6 is 23.2 Å². The molecule has 132 valence electrons. The lowest BCUT2D eigenvalue weighted by Gasteiger charge is -2.26. The molecular weight excluding hydrogens is 363 g/mol. The van der Waals surface area contributed by atoms with Crippen molar-refractivity contribution in [2.24, 2.45) is 5.10 Å². The van der Waals surface area contributed by atoms with E-state index in [2.05, 4.69) is 30.4 Å². The van der Waals surface area contributed by atoms with Crippen molar-refractivity contribution in [2.75, 3.05) is 30.5 Å². The first kappa shape index (κ1) is 17.7. The molecule has 7 nitrogen and oxygen atoms in total. The lowest BCUT2D eigenvalue weighted by atomic mass is 10.1. The van der Waals surface area contributed by atoms with Gasteiger partial charge in [-0.25, -0.2) is 5.43 Å². The van der Waals surface area contributed by atoms with Gasteiger partial charge in [0, 0.05) is 23.7 Å². The van der Waals surface area contributed by atoms with Crippen LogP contribution in [-0.2, 0) is 0 Å². The summed E-state index contributed by atoms with van der Waals surface area (Å²) in [6.07, 6.45) is 5.07. The molecule has 2 aromatic rings. The van der Waals surface area contributed by atoms with Crippen molar-refractivity contribution >= 4 is 41.3 Å². The summed E-state index contributed by atoms with van der Waals surface area (Å²) in [5.74, 6) is 0.905. The summed E-state index contributed by atoms with van der Waals surface area (Å²) < 4.78 is 5.17. The second kappa shape index (κ2) is 8.31. The molecule has 3 rings (SSSR count). The summed E-state index contributed by atoms with van der Waals surface area (Å²) in [5, 5.41) is 5.22. The fourth-order valence-electron chi connectivity index (χ4n) is 2.49. The number of aromatic nitrogens is 3. The topological polar surface area (TPSA) is 75.5 Å². The molecule has 0 saturated carbocycles. The molecule has 0 bridgehead atoms. The molecule has 2 heterocycles. The molecule has 1 aliphatic heterocycles. The standard InChI is InChI=1S/C16H18Cl2N6O/c1-25-16-21-14(20-15(22-16)24-7-3-2-4-8-24)23-19-10-11-5-6-12(17)9-13(11)18/h5-6,9-10H,2-4,7-8H2,1H3,(H,20,21,22,23)/b19-10+. The highest BCUT2D eigenvalue weighted by Crippen LogP contribution is 2.20. The highest BCUT2D eigenvalue weighted by molar-refractivity contribution is 6.36. The Morgan fingerprint density at radius 1 is 1.16 bits per heavy atom. The molecule has 9 heteroatoms. The van der Waals surface area contributed by atoms with E-state index < -0.39 is 0 Å². The summed E-state index contributed by atoms with van der Waals surface area (Å²) in [5.41, 5.74) is 3.53. The molecule has 1 aromatic carbocycles. The number of hydrazone groups is 1. The van der Waals surface area contributed by atoms with Crippen LogP contribution in [0.5, 0.6) is 6.01 Å². The Bertz CT molecular complexity index is 764. The number of rotatable bonds is 5. The first-order chi connectivity index (χ1) is 12.2. The van der Waals surface area contributed by atoms with Gasteiger partial charge < -0.3 is 9.64 Å². The Labute approximate surface area is 156 Å². The SMILES string of the molecule is COc1nc(N/N=C/c2ccc(Cl)cc2Cl)nc(N2CCCCC2)n1. The predicted molar refractivity (Wildman–Crippen MR) is 100 cm³/mol. The van der Waals surface area contributed by atoms with E-state index >= 15 is 0 Å². The molecular formula is C16H18Cl2N6O. The van der Waals surface area contributed by atoms with E-state index in [0.717, 1.165) is 31.5 Å². The van der Waals surface area contributed by atoms with Crippen molar-refractivity contribution in [2.45, 2.75) is 19.3 Å². The van der Waals surface area contributed by atoms with E-state index in [1.54, 1.807) is 24.4 Å². The lowest BCUT2D eigenvalue weighted by molar-refractivity contribution is 0.378. The Morgan fingerprint density at radius 2 is 1.96 bits per heavy atom. The summed E-state index contributed by atoms with van der Waals surface area (Å²) in [7, 11) is 1.52. The second-order valence-corrected chi connectivity index (χ2v) is 6.37. The maximum Gasteiger partial charge on any atom is 0.322 e. The lowest BCUT2D eigenvalue weighted by Crippen LogP contribution is -2.31. The quantitative estimate of drug-likeness (QED) is 0.630. The van der Waals surface area contributed by atoms with Gasteiger partial charge in [-0.05, 0) is 31.4 Å². The van der Waals surface area contributed by atoms with E-state index in [4.69, 9.17) is 27.9 Å². The average Bonchev–Trinajstić information content (AvgIpc) is 2.64. The van der Waals surface area contributed by atoms with Gasteiger partial charge in [0.25, 0.3) is 5.95 Å². The summed E-state index contributed by atoms with van der Waals surface area (Å²) in [4.78, 5) is 15.0. The highest BCUT2D eigenvalue weighted by atomic mass is 35.5. The first-order valence-corrected chi connectivity index (χ1v) is 8.70. The minimum Gasteiger partial charge on any atom is -0.467 e. The molecule has 1 fully saturated rings. The largest absolute Gasteiger partial charge is 0.467 e. The molecule has 1 saturated heterocycles. The van der Waals surface area contributed by atoms with Crippen LogP contribution in [0.25, 0.3) is 0 Å². The molecule has 0 aliphatic carbocycles. The molecule has 0 radical (unpaired) electrons. The number of anilines is 2. The van der Waals surface area contributed by atoms with Crippen LogP contribution < -0.4 is 15.1 Å². The summed E-state index contributed by atoms with van der Waals surface area (Å²) >= 11 is 12.0. The fourth-order valence-corrected chi connectivity index (χ4v) is 2.95. The number of benzene rings is 1. The highest BCUT2D eigenvalue weighted by Gasteiger charge is 2.16. The number of halogens is 2. The first-order valence-electron chi connectivity index (χ1n) is 7.95. The maximum atomic E-state index is 6.11. The van der Waals surface area contributed by atoms with Gasteiger partial charge in [0.2, 0.25) is 5.95 Å². The molecule has 0 atom stereocenters. The van der Waals surface area contributed by atoms with Gasteiger partial charge in [-0.15, -0.1) is 0 Å². The van der Waals surface area contributed by atoms with Crippen molar-refractivity contribution in [3.8, 4) is 6.01 Å². The monoisotopic (exact) mass is 380 g/mol. The van der Waals surface area contributed by atoms with Crippen LogP contribution in [0.2, 0.25) is 10.0 Å². The minimum absolute atomic E-state index is 0.248. The van der Waals surface area contributed by atoms with E-state index in [1.807, 2.05) is 0 Å². The normalized spacial score (nSPS) is 14.8. The van der Waals surface area contributed by atoms with Gasteiger partial charge >= 0.3 is 6.01 Å². The third-order valence-electron chi connectivity index (χ3n) is 3.76. The second-order valence-electron chi connectivity index (χ2n) is 5.53. The van der Waals surface area contributed by atoms with Crippen LogP contribution in [-0.4, -0.2) is 41.4 Å². The molecule has 1 aliphatic rings. The number of nitrogens with one attached hydrogen (secondary N) is 1. The van der Waals surface area contributed by atoms with E-state index in [1.165, 1.54) is 13.5 Å². The van der Waals surface area contributed by atoms with Gasteiger partial charge in [0.05, 0.1) is 18.3 Å². The molecule has 0 spiro atoms. The van der Waals surface area contributed by atoms with Gasteiger partial charge in [-0.1, -0.05) is 29.3 Å². The summed E-state index contributed by atoms with van der Waals surface area (Å²) in [6.45, 7) is 1.85. The number of nitrogens with zero attached hydrogens (tertiary/aromatic N) is 5. The maximum absolute atomic E-state index is 6.11. The number of methoxy groups -OCH3 is 1. The average molecular weight is 381 g/mol. The third kappa shape index (κ3) is 4.70. The molecule has 0 amide bonds. The van der Waals surface area contributed by atoms with Crippen LogP contribution in [0.3, 0.4) is 0 Å².